The molecule has 1 saturated carbocycles. The molecule has 4 aromatic rings. The number of carbonyl (C=O) groups is 1. The fraction of sp³-hybridized carbons (Fsp3) is 0.379. The lowest BCUT2D eigenvalue weighted by atomic mass is 9.80. The van der Waals surface area contributed by atoms with Gasteiger partial charge in [0.15, 0.2) is 17.3 Å². The average Bonchev–Trinajstić information content (AvgIpc) is 3.21. The summed E-state index contributed by atoms with van der Waals surface area (Å²) in [6, 6.07) is 10.3. The maximum absolute atomic E-state index is 13.2. The maximum atomic E-state index is 13.2. The number of aromatic nitrogens is 4. The molecule has 0 aliphatic heterocycles. The van der Waals surface area contributed by atoms with Crippen molar-refractivity contribution in [3.63, 3.8) is 0 Å². The van der Waals surface area contributed by atoms with Gasteiger partial charge in [-0.05, 0) is 73.1 Å². The SMILES string of the molecule is CC(C)c1ccnc(-c2nc3cc(C(=O)O)nc(N[C@@H](C)C4CCC4)c3n2Cc2ccc(C(F)(F)F)cc2)c1. The summed E-state index contributed by atoms with van der Waals surface area (Å²) >= 11 is 0. The van der Waals surface area contributed by atoms with Crippen LogP contribution < -0.4 is 5.32 Å². The van der Waals surface area contributed by atoms with Crippen LogP contribution in [0.1, 0.15) is 73.1 Å². The lowest BCUT2D eigenvalue weighted by molar-refractivity contribution is -0.137. The zero-order valence-corrected chi connectivity index (χ0v) is 22.0. The van der Waals surface area contributed by atoms with E-state index in [2.05, 4.69) is 36.1 Å². The van der Waals surface area contributed by atoms with Gasteiger partial charge in [0.1, 0.15) is 11.2 Å². The number of alkyl halides is 3. The summed E-state index contributed by atoms with van der Waals surface area (Å²) in [6.45, 7) is 6.38. The minimum atomic E-state index is -4.43. The van der Waals surface area contributed by atoms with Crippen LogP contribution in [0.15, 0.2) is 48.7 Å². The molecule has 0 amide bonds. The molecule has 10 heteroatoms. The molecule has 3 heterocycles. The second-order valence-electron chi connectivity index (χ2n) is 10.5. The first-order valence-electron chi connectivity index (χ1n) is 13.0. The number of halogens is 3. The lowest BCUT2D eigenvalue weighted by Crippen LogP contribution is -2.31. The van der Waals surface area contributed by atoms with E-state index in [1.165, 1.54) is 18.2 Å². The molecule has 2 N–H and O–H groups in total. The Hall–Kier alpha value is -3.95. The van der Waals surface area contributed by atoms with Gasteiger partial charge in [0.25, 0.3) is 0 Å². The zero-order chi connectivity index (χ0) is 27.9. The molecule has 1 aromatic carbocycles. The van der Waals surface area contributed by atoms with E-state index < -0.39 is 17.7 Å². The zero-order valence-electron chi connectivity index (χ0n) is 22.0. The van der Waals surface area contributed by atoms with Crippen molar-refractivity contribution in [2.45, 2.75) is 64.7 Å². The Morgan fingerprint density at radius 1 is 1.10 bits per heavy atom. The van der Waals surface area contributed by atoms with Gasteiger partial charge in [-0.2, -0.15) is 13.2 Å². The van der Waals surface area contributed by atoms with Crippen molar-refractivity contribution < 1.29 is 23.1 Å². The van der Waals surface area contributed by atoms with Gasteiger partial charge in [0, 0.05) is 18.8 Å². The third-order valence-corrected chi connectivity index (χ3v) is 7.47. The van der Waals surface area contributed by atoms with Gasteiger partial charge in [-0.1, -0.05) is 32.4 Å². The number of nitrogens with one attached hydrogen (secondary N) is 1. The van der Waals surface area contributed by atoms with E-state index in [0.29, 0.717) is 39.9 Å². The number of nitrogens with zero attached hydrogens (tertiary/aromatic N) is 4. The van der Waals surface area contributed by atoms with Crippen molar-refractivity contribution in [2.24, 2.45) is 5.92 Å². The van der Waals surface area contributed by atoms with Crippen LogP contribution >= 0.6 is 0 Å². The van der Waals surface area contributed by atoms with Crippen molar-refractivity contribution in [3.8, 4) is 11.5 Å². The number of pyridine rings is 2. The van der Waals surface area contributed by atoms with Gasteiger partial charge in [-0.3, -0.25) is 4.98 Å². The molecule has 1 aliphatic carbocycles. The summed E-state index contributed by atoms with van der Waals surface area (Å²) in [5.41, 5.74) is 2.40. The smallest absolute Gasteiger partial charge is 0.416 e. The highest BCUT2D eigenvalue weighted by molar-refractivity contribution is 5.96. The summed E-state index contributed by atoms with van der Waals surface area (Å²) in [6.07, 6.45) is 0.585. The predicted molar refractivity (Wildman–Crippen MR) is 143 cm³/mol. The third kappa shape index (κ3) is 5.46. The largest absolute Gasteiger partial charge is 0.477 e. The van der Waals surface area contributed by atoms with E-state index in [0.717, 1.165) is 37.0 Å². The van der Waals surface area contributed by atoms with Gasteiger partial charge in [0.2, 0.25) is 0 Å². The summed E-state index contributed by atoms with van der Waals surface area (Å²) < 4.78 is 41.4. The van der Waals surface area contributed by atoms with Crippen LogP contribution in [-0.4, -0.2) is 36.6 Å². The van der Waals surface area contributed by atoms with Crippen LogP contribution in [0, 0.1) is 5.92 Å². The van der Waals surface area contributed by atoms with Crippen LogP contribution in [0.3, 0.4) is 0 Å². The van der Waals surface area contributed by atoms with Crippen molar-refractivity contribution in [2.75, 3.05) is 5.32 Å². The number of aromatic carboxylic acids is 1. The van der Waals surface area contributed by atoms with Crippen molar-refractivity contribution in [3.05, 3.63) is 71.0 Å². The molecule has 39 heavy (non-hydrogen) atoms. The van der Waals surface area contributed by atoms with Gasteiger partial charge >= 0.3 is 12.1 Å². The summed E-state index contributed by atoms with van der Waals surface area (Å²) in [7, 11) is 0. The number of hydrogen-bond acceptors (Lipinski definition) is 5. The number of carboxylic acid groups (broad SMARTS) is 1. The quantitative estimate of drug-likeness (QED) is 0.252. The van der Waals surface area contributed by atoms with E-state index in [9.17, 15) is 23.1 Å². The molecule has 0 radical (unpaired) electrons. The van der Waals surface area contributed by atoms with E-state index >= 15 is 0 Å². The number of benzene rings is 1. The fourth-order valence-electron chi connectivity index (χ4n) is 4.90. The monoisotopic (exact) mass is 537 g/mol. The summed E-state index contributed by atoms with van der Waals surface area (Å²) in [5, 5.41) is 13.2. The van der Waals surface area contributed by atoms with Gasteiger partial charge in [0.05, 0.1) is 11.1 Å². The van der Waals surface area contributed by atoms with Crippen LogP contribution in [-0.2, 0) is 12.7 Å². The lowest BCUT2D eigenvalue weighted by Gasteiger charge is -2.32. The minimum absolute atomic E-state index is 0.0544. The van der Waals surface area contributed by atoms with E-state index in [1.54, 1.807) is 6.20 Å². The second kappa shape index (κ2) is 10.3. The topological polar surface area (TPSA) is 92.9 Å². The Kier molecular flexibility index (Phi) is 7.05. The van der Waals surface area contributed by atoms with Gasteiger partial charge < -0.3 is 15.0 Å². The number of fused-ring (bicyclic) bond motifs is 1. The minimum Gasteiger partial charge on any atom is -0.477 e. The van der Waals surface area contributed by atoms with E-state index in [1.807, 2.05) is 16.7 Å². The first-order valence-corrected chi connectivity index (χ1v) is 13.0. The van der Waals surface area contributed by atoms with Gasteiger partial charge in [-0.25, -0.2) is 14.8 Å². The molecule has 0 bridgehead atoms. The standard InChI is InChI=1S/C29H30F3N5O2/c1-16(2)20-11-12-33-23(13-20)27-36-22-14-24(28(38)39)35-26(34-17(3)19-5-4-6-19)25(22)37(27)15-18-7-9-21(10-8-18)29(30,31)32/h7-14,16-17,19H,4-6,15H2,1-3H3,(H,34,35)(H,38,39)/t17-/m0/s1. The highest BCUT2D eigenvalue weighted by atomic mass is 19.4. The predicted octanol–water partition coefficient (Wildman–Crippen LogP) is 6.98. The number of imidazole rings is 1. The first kappa shape index (κ1) is 26.6. The third-order valence-electron chi connectivity index (χ3n) is 7.47. The Morgan fingerprint density at radius 3 is 2.41 bits per heavy atom. The maximum Gasteiger partial charge on any atom is 0.416 e. The molecule has 5 rings (SSSR count). The molecule has 0 saturated heterocycles. The molecule has 1 atom stereocenters. The molecular weight excluding hydrogens is 507 g/mol. The molecule has 0 unspecified atom stereocenters. The number of carboxylic acids is 1. The number of anilines is 1. The molecule has 7 nitrogen and oxygen atoms in total. The number of rotatable bonds is 8. The van der Waals surface area contributed by atoms with Crippen LogP contribution in [0.4, 0.5) is 19.0 Å². The fourth-order valence-corrected chi connectivity index (χ4v) is 4.90. The van der Waals surface area contributed by atoms with Crippen LogP contribution in [0.25, 0.3) is 22.6 Å². The molecular formula is C29H30F3N5O2. The highest BCUT2D eigenvalue weighted by Crippen LogP contribution is 2.35. The molecule has 1 fully saturated rings. The first-order chi connectivity index (χ1) is 18.5. The van der Waals surface area contributed by atoms with Crippen LogP contribution in [0.5, 0.6) is 0 Å². The molecule has 1 aliphatic rings. The second-order valence-corrected chi connectivity index (χ2v) is 10.5. The van der Waals surface area contributed by atoms with E-state index in [4.69, 9.17) is 4.98 Å². The normalized spacial score (nSPS) is 14.9. The Bertz CT molecular complexity index is 1510. The van der Waals surface area contributed by atoms with Crippen LogP contribution in [0.2, 0.25) is 0 Å². The molecule has 204 valence electrons. The Labute approximate surface area is 224 Å². The van der Waals surface area contributed by atoms with Crippen molar-refractivity contribution in [1.29, 1.82) is 0 Å². The number of hydrogen-bond donors (Lipinski definition) is 2. The molecule has 0 spiro atoms. The summed E-state index contributed by atoms with van der Waals surface area (Å²) in [4.78, 5) is 25.7. The highest BCUT2D eigenvalue weighted by Gasteiger charge is 2.30. The average molecular weight is 538 g/mol. The van der Waals surface area contributed by atoms with Crippen molar-refractivity contribution in [1.82, 2.24) is 19.5 Å². The Morgan fingerprint density at radius 2 is 1.82 bits per heavy atom. The summed E-state index contributed by atoms with van der Waals surface area (Å²) in [5.74, 6) is 0.381. The Balaban J connectivity index is 1.69. The van der Waals surface area contributed by atoms with Gasteiger partial charge in [-0.15, -0.1) is 0 Å². The van der Waals surface area contributed by atoms with E-state index in [-0.39, 0.29) is 24.2 Å². The molecule has 3 aromatic heterocycles. The van der Waals surface area contributed by atoms with Crippen molar-refractivity contribution >= 4 is 22.8 Å².